The minimum Gasteiger partial charge on any atom is -0.339 e. The van der Waals surface area contributed by atoms with Gasteiger partial charge in [0.2, 0.25) is 5.95 Å². The lowest BCUT2D eigenvalue weighted by Gasteiger charge is -2.18. The molecule has 0 saturated carbocycles. The number of aromatic nitrogens is 2. The van der Waals surface area contributed by atoms with Gasteiger partial charge >= 0.3 is 0 Å². The van der Waals surface area contributed by atoms with Crippen molar-refractivity contribution in [3.05, 3.63) is 47.3 Å². The van der Waals surface area contributed by atoms with E-state index in [0.717, 1.165) is 16.8 Å². The average molecular weight is 298 g/mol. The second-order valence-corrected chi connectivity index (χ2v) is 5.16. The van der Waals surface area contributed by atoms with Gasteiger partial charge in [0.15, 0.2) is 0 Å². The van der Waals surface area contributed by atoms with Crippen molar-refractivity contribution in [1.82, 2.24) is 14.9 Å². The van der Waals surface area contributed by atoms with Crippen LogP contribution in [-0.4, -0.2) is 33.9 Å². The van der Waals surface area contributed by atoms with Gasteiger partial charge in [-0.1, -0.05) is 18.2 Å². The number of benzene rings is 1. The summed E-state index contributed by atoms with van der Waals surface area (Å²) in [6, 6.07) is 6.09. The van der Waals surface area contributed by atoms with Crippen LogP contribution in [0.1, 0.15) is 35.3 Å². The van der Waals surface area contributed by atoms with Crippen molar-refractivity contribution in [1.29, 1.82) is 0 Å². The van der Waals surface area contributed by atoms with Crippen molar-refractivity contribution < 1.29 is 4.79 Å². The molecule has 1 amide bonds. The molecule has 0 atom stereocenters. The first-order valence-electron chi connectivity index (χ1n) is 7.51. The third-order valence-corrected chi connectivity index (χ3v) is 3.67. The molecule has 0 radical (unpaired) electrons. The molecule has 0 aliphatic rings. The Hall–Kier alpha value is -2.43. The predicted octanol–water partition coefficient (Wildman–Crippen LogP) is 3.32. The number of para-hydroxylation sites is 1. The number of hydrogen-bond donors (Lipinski definition) is 1. The molecule has 5 nitrogen and oxygen atoms in total. The normalized spacial score (nSPS) is 10.4. The maximum Gasteiger partial charge on any atom is 0.256 e. The minimum atomic E-state index is -0.0383. The Morgan fingerprint density at radius 2 is 1.64 bits per heavy atom. The highest BCUT2D eigenvalue weighted by atomic mass is 16.2. The molecule has 0 spiro atoms. The Bertz CT molecular complexity index is 628. The van der Waals surface area contributed by atoms with Gasteiger partial charge in [0, 0.05) is 31.2 Å². The van der Waals surface area contributed by atoms with Crippen LogP contribution in [0.2, 0.25) is 0 Å². The number of carbonyl (C=O) groups excluding carboxylic acids is 1. The Labute approximate surface area is 131 Å². The van der Waals surface area contributed by atoms with E-state index in [1.807, 2.05) is 45.9 Å². The maximum atomic E-state index is 12.2. The highest BCUT2D eigenvalue weighted by Gasteiger charge is 2.13. The zero-order chi connectivity index (χ0) is 16.1. The molecule has 1 heterocycles. The molecule has 0 saturated heterocycles. The van der Waals surface area contributed by atoms with E-state index in [2.05, 4.69) is 15.3 Å². The third kappa shape index (κ3) is 3.42. The molecule has 0 aliphatic carbocycles. The molecule has 116 valence electrons. The lowest BCUT2D eigenvalue weighted by Crippen LogP contribution is -2.30. The molecule has 22 heavy (non-hydrogen) atoms. The van der Waals surface area contributed by atoms with Crippen LogP contribution in [0.25, 0.3) is 0 Å². The largest absolute Gasteiger partial charge is 0.339 e. The molecular weight excluding hydrogens is 276 g/mol. The first-order valence-corrected chi connectivity index (χ1v) is 7.51. The number of amides is 1. The van der Waals surface area contributed by atoms with E-state index in [1.165, 1.54) is 0 Å². The topological polar surface area (TPSA) is 58.1 Å². The molecule has 2 aromatic rings. The summed E-state index contributed by atoms with van der Waals surface area (Å²) in [7, 11) is 0. The van der Waals surface area contributed by atoms with Crippen molar-refractivity contribution >= 4 is 17.5 Å². The number of nitrogens with one attached hydrogen (secondary N) is 1. The first kappa shape index (κ1) is 15.9. The fraction of sp³-hybridized carbons (Fsp3) is 0.353. The minimum absolute atomic E-state index is 0.0383. The second kappa shape index (κ2) is 7.02. The highest BCUT2D eigenvalue weighted by Crippen LogP contribution is 2.22. The summed E-state index contributed by atoms with van der Waals surface area (Å²) >= 11 is 0. The van der Waals surface area contributed by atoms with Gasteiger partial charge in [-0.2, -0.15) is 0 Å². The smallest absolute Gasteiger partial charge is 0.256 e. The van der Waals surface area contributed by atoms with E-state index in [1.54, 1.807) is 17.3 Å². The molecule has 1 aromatic carbocycles. The summed E-state index contributed by atoms with van der Waals surface area (Å²) in [6.07, 6.45) is 3.15. The van der Waals surface area contributed by atoms with Gasteiger partial charge in [-0.25, -0.2) is 9.97 Å². The molecule has 0 unspecified atom stereocenters. The quantitative estimate of drug-likeness (QED) is 0.920. The highest BCUT2D eigenvalue weighted by molar-refractivity contribution is 5.93. The molecule has 0 fully saturated rings. The van der Waals surface area contributed by atoms with Crippen molar-refractivity contribution in [2.75, 3.05) is 18.4 Å². The molecule has 1 N–H and O–H groups in total. The van der Waals surface area contributed by atoms with Crippen molar-refractivity contribution in [3.8, 4) is 0 Å². The summed E-state index contributed by atoms with van der Waals surface area (Å²) in [5.41, 5.74) is 3.78. The number of hydrogen-bond acceptors (Lipinski definition) is 4. The number of aryl methyl sites for hydroxylation is 2. The van der Waals surface area contributed by atoms with Gasteiger partial charge in [-0.15, -0.1) is 0 Å². The Morgan fingerprint density at radius 1 is 1.09 bits per heavy atom. The maximum absolute atomic E-state index is 12.2. The molecule has 0 aliphatic heterocycles. The van der Waals surface area contributed by atoms with Crippen LogP contribution in [0, 0.1) is 13.8 Å². The first-order chi connectivity index (χ1) is 10.6. The van der Waals surface area contributed by atoms with E-state index in [-0.39, 0.29) is 5.91 Å². The van der Waals surface area contributed by atoms with Crippen LogP contribution in [0.5, 0.6) is 0 Å². The Balaban J connectivity index is 2.17. The summed E-state index contributed by atoms with van der Waals surface area (Å²) in [6.45, 7) is 9.34. The van der Waals surface area contributed by atoms with Crippen LogP contribution < -0.4 is 5.32 Å². The molecule has 1 aromatic heterocycles. The lowest BCUT2D eigenvalue weighted by atomic mass is 10.1. The molecule has 2 rings (SSSR count). The zero-order valence-corrected chi connectivity index (χ0v) is 13.6. The van der Waals surface area contributed by atoms with Gasteiger partial charge in [0.25, 0.3) is 5.91 Å². The van der Waals surface area contributed by atoms with Crippen molar-refractivity contribution in [3.63, 3.8) is 0 Å². The van der Waals surface area contributed by atoms with Crippen LogP contribution in [0.4, 0.5) is 11.6 Å². The van der Waals surface area contributed by atoms with E-state index in [9.17, 15) is 4.79 Å². The van der Waals surface area contributed by atoms with Crippen LogP contribution in [0.3, 0.4) is 0 Å². The number of carbonyl (C=O) groups is 1. The van der Waals surface area contributed by atoms with Gasteiger partial charge in [-0.05, 0) is 38.8 Å². The van der Waals surface area contributed by atoms with Crippen molar-refractivity contribution in [2.45, 2.75) is 27.7 Å². The Kier molecular flexibility index (Phi) is 5.09. The third-order valence-electron chi connectivity index (χ3n) is 3.67. The summed E-state index contributed by atoms with van der Waals surface area (Å²) in [5, 5.41) is 3.22. The van der Waals surface area contributed by atoms with Gasteiger partial charge < -0.3 is 10.2 Å². The van der Waals surface area contributed by atoms with Crippen molar-refractivity contribution in [2.24, 2.45) is 0 Å². The fourth-order valence-corrected chi connectivity index (χ4v) is 2.32. The van der Waals surface area contributed by atoms with Crippen LogP contribution in [0.15, 0.2) is 30.6 Å². The number of nitrogens with zero attached hydrogens (tertiary/aromatic N) is 3. The Morgan fingerprint density at radius 3 is 2.14 bits per heavy atom. The average Bonchev–Trinajstić information content (AvgIpc) is 2.53. The summed E-state index contributed by atoms with van der Waals surface area (Å²) in [4.78, 5) is 22.5. The molecule has 5 heteroatoms. The SMILES string of the molecule is CCN(CC)C(=O)c1cnc(Nc2c(C)cccc2C)nc1. The van der Waals surface area contributed by atoms with Crippen LogP contribution >= 0.6 is 0 Å². The summed E-state index contributed by atoms with van der Waals surface area (Å²) in [5.74, 6) is 0.456. The standard InChI is InChI=1S/C17H22N4O/c1-5-21(6-2)16(22)14-10-18-17(19-11-14)20-15-12(3)8-7-9-13(15)4/h7-11H,5-6H2,1-4H3,(H,18,19,20). The molecule has 0 bridgehead atoms. The number of anilines is 2. The summed E-state index contributed by atoms with van der Waals surface area (Å²) < 4.78 is 0. The predicted molar refractivity (Wildman–Crippen MR) is 88.5 cm³/mol. The van der Waals surface area contributed by atoms with E-state index >= 15 is 0 Å². The van der Waals surface area contributed by atoms with Gasteiger partial charge in [-0.3, -0.25) is 4.79 Å². The fourth-order valence-electron chi connectivity index (χ4n) is 2.32. The van der Waals surface area contributed by atoms with Gasteiger partial charge in [0.1, 0.15) is 0 Å². The van der Waals surface area contributed by atoms with Gasteiger partial charge in [0.05, 0.1) is 5.56 Å². The van der Waals surface area contributed by atoms with E-state index in [0.29, 0.717) is 24.6 Å². The zero-order valence-electron chi connectivity index (χ0n) is 13.6. The van der Waals surface area contributed by atoms with E-state index < -0.39 is 0 Å². The lowest BCUT2D eigenvalue weighted by molar-refractivity contribution is 0.0772. The van der Waals surface area contributed by atoms with Crippen LogP contribution in [-0.2, 0) is 0 Å². The number of rotatable bonds is 5. The van der Waals surface area contributed by atoms with E-state index in [4.69, 9.17) is 0 Å². The monoisotopic (exact) mass is 298 g/mol. The second-order valence-electron chi connectivity index (χ2n) is 5.16. The molecular formula is C17H22N4O.